The Hall–Kier alpha value is -3.24. The number of nitrogens with zero attached hydrogens (tertiary/aromatic N) is 4. The molecule has 0 spiro atoms. The van der Waals surface area contributed by atoms with Gasteiger partial charge in [0.1, 0.15) is 22.7 Å². The molecule has 9 nitrogen and oxygen atoms in total. The minimum atomic E-state index is -0.438. The molecule has 2 N–H and O–H groups in total. The number of thiophene rings is 1. The number of aryl methyl sites for hydroxylation is 1. The van der Waals surface area contributed by atoms with Crippen molar-refractivity contribution in [3.8, 4) is 5.75 Å². The molecule has 34 heavy (non-hydrogen) atoms. The van der Waals surface area contributed by atoms with Crippen molar-refractivity contribution in [3.05, 3.63) is 35.1 Å². The van der Waals surface area contributed by atoms with Gasteiger partial charge in [-0.1, -0.05) is 6.92 Å². The summed E-state index contributed by atoms with van der Waals surface area (Å²) >= 11 is 1.65. The molecule has 0 aliphatic heterocycles. The van der Waals surface area contributed by atoms with E-state index in [0.29, 0.717) is 25.3 Å². The number of aromatic nitrogens is 4. The van der Waals surface area contributed by atoms with E-state index in [1.54, 1.807) is 43.0 Å². The average molecular weight is 481 g/mol. The van der Waals surface area contributed by atoms with Gasteiger partial charge in [-0.15, -0.1) is 11.3 Å². The number of carbonyl (C=O) groups excluding carboxylic acids is 1. The van der Waals surface area contributed by atoms with Crippen LogP contribution in [-0.4, -0.2) is 65.4 Å². The lowest BCUT2D eigenvalue weighted by Gasteiger charge is -2.35. The van der Waals surface area contributed by atoms with Gasteiger partial charge in [0.2, 0.25) is 5.91 Å². The number of ether oxygens (including phenoxy) is 2. The van der Waals surface area contributed by atoms with E-state index in [4.69, 9.17) is 9.47 Å². The number of amides is 1. The first kappa shape index (κ1) is 22.5. The van der Waals surface area contributed by atoms with Crippen LogP contribution in [0.25, 0.3) is 21.1 Å². The highest BCUT2D eigenvalue weighted by atomic mass is 32.1. The van der Waals surface area contributed by atoms with E-state index in [-0.39, 0.29) is 5.91 Å². The van der Waals surface area contributed by atoms with Crippen molar-refractivity contribution in [1.82, 2.24) is 25.1 Å². The molecular formula is C24H28N6O3S. The molecule has 3 heterocycles. The summed E-state index contributed by atoms with van der Waals surface area (Å²) in [6, 6.07) is 3.92. The molecule has 1 aliphatic carbocycles. The third-order valence-corrected chi connectivity index (χ3v) is 7.80. The molecule has 4 aromatic rings. The second-order valence-electron chi connectivity index (χ2n) is 9.00. The Balaban J connectivity index is 1.48. The molecule has 1 aliphatic rings. The van der Waals surface area contributed by atoms with Crippen LogP contribution in [0, 0.1) is 5.41 Å². The molecule has 0 saturated carbocycles. The summed E-state index contributed by atoms with van der Waals surface area (Å²) in [6.45, 7) is 3.19. The van der Waals surface area contributed by atoms with Gasteiger partial charge in [0, 0.05) is 37.0 Å². The number of aromatic amines is 1. The van der Waals surface area contributed by atoms with Gasteiger partial charge in [-0.05, 0) is 30.9 Å². The maximum atomic E-state index is 13.2. The summed E-state index contributed by atoms with van der Waals surface area (Å²) in [5.74, 6) is 1.61. The van der Waals surface area contributed by atoms with Crippen LogP contribution >= 0.6 is 11.3 Å². The molecular weight excluding hydrogens is 452 g/mol. The highest BCUT2D eigenvalue weighted by Crippen LogP contribution is 2.45. The zero-order chi connectivity index (χ0) is 23.9. The minimum absolute atomic E-state index is 0.162. The van der Waals surface area contributed by atoms with Gasteiger partial charge in [0.05, 0.1) is 41.9 Å². The molecule has 0 fully saturated rings. The molecule has 0 unspecified atom stereocenters. The van der Waals surface area contributed by atoms with Crippen LogP contribution in [0.1, 0.15) is 23.8 Å². The molecule has 3 aromatic heterocycles. The van der Waals surface area contributed by atoms with Gasteiger partial charge < -0.3 is 19.7 Å². The summed E-state index contributed by atoms with van der Waals surface area (Å²) in [6.07, 6.45) is 5.64. The number of fused-ring (bicyclic) bond motifs is 4. The number of nitrogens with one attached hydrogen (secondary N) is 2. The first-order chi connectivity index (χ1) is 16.4. The lowest BCUT2D eigenvalue weighted by atomic mass is 9.74. The highest BCUT2D eigenvalue weighted by Gasteiger charge is 2.40. The highest BCUT2D eigenvalue weighted by molar-refractivity contribution is 7.19. The largest absolute Gasteiger partial charge is 0.494 e. The average Bonchev–Trinajstić information content (AvgIpc) is 3.44. The molecule has 1 atom stereocenters. The second-order valence-corrected chi connectivity index (χ2v) is 10.1. The van der Waals surface area contributed by atoms with Crippen molar-refractivity contribution in [3.63, 3.8) is 0 Å². The lowest BCUT2D eigenvalue weighted by Crippen LogP contribution is -2.44. The Morgan fingerprint density at radius 3 is 2.97 bits per heavy atom. The smallest absolute Gasteiger partial charge is 0.228 e. The summed E-state index contributed by atoms with van der Waals surface area (Å²) in [5, 5.41) is 12.6. The van der Waals surface area contributed by atoms with E-state index >= 15 is 0 Å². The molecule has 1 aromatic carbocycles. The monoisotopic (exact) mass is 480 g/mol. The first-order valence-corrected chi connectivity index (χ1v) is 12.0. The fourth-order valence-corrected chi connectivity index (χ4v) is 6.09. The number of methoxy groups -OCH3 is 2. The molecule has 10 heteroatoms. The number of carbonyl (C=O) groups is 1. The summed E-state index contributed by atoms with van der Waals surface area (Å²) in [5.41, 5.74) is 2.51. The van der Waals surface area contributed by atoms with Gasteiger partial charge in [0.15, 0.2) is 0 Å². The third-order valence-electron chi connectivity index (χ3n) is 6.66. The van der Waals surface area contributed by atoms with E-state index in [9.17, 15) is 4.79 Å². The molecule has 5 rings (SSSR count). The predicted octanol–water partition coefficient (Wildman–Crippen LogP) is 3.92. The Labute approximate surface area is 201 Å². The zero-order valence-corrected chi connectivity index (χ0v) is 20.6. The summed E-state index contributed by atoms with van der Waals surface area (Å²) < 4.78 is 10.8. The van der Waals surface area contributed by atoms with E-state index in [1.165, 1.54) is 10.4 Å². The fourth-order valence-electron chi connectivity index (χ4n) is 4.72. The third kappa shape index (κ3) is 3.86. The molecule has 0 radical (unpaired) electrons. The van der Waals surface area contributed by atoms with E-state index in [0.717, 1.165) is 45.5 Å². The Morgan fingerprint density at radius 1 is 1.32 bits per heavy atom. The standard InChI is InChI=1S/C24H28N6O3S/c1-24(23(31)30(2)7-8-32-3)6-5-15-19(11-24)34-22-20(15)21(25-13-26-22)28-17-9-14-12-27-29-16(14)10-18(17)33-4/h9-10,12-13H,5-8,11H2,1-4H3,(H,27,29)(H,25,26,28)/t24-/m1/s1. The van der Waals surface area contributed by atoms with Crippen molar-refractivity contribution in [1.29, 1.82) is 0 Å². The maximum Gasteiger partial charge on any atom is 0.228 e. The topological polar surface area (TPSA) is 105 Å². The van der Waals surface area contributed by atoms with Crippen LogP contribution in [0.15, 0.2) is 24.7 Å². The van der Waals surface area contributed by atoms with E-state index in [2.05, 4.69) is 32.4 Å². The van der Waals surface area contributed by atoms with Gasteiger partial charge in [-0.3, -0.25) is 9.89 Å². The van der Waals surface area contributed by atoms with Gasteiger partial charge in [-0.2, -0.15) is 5.10 Å². The Bertz CT molecular complexity index is 1370. The number of anilines is 2. The van der Waals surface area contributed by atoms with Crippen LogP contribution in [0.2, 0.25) is 0 Å². The summed E-state index contributed by atoms with van der Waals surface area (Å²) in [4.78, 5) is 26.3. The normalized spacial score (nSPS) is 17.6. The van der Waals surface area contributed by atoms with Gasteiger partial charge in [-0.25, -0.2) is 9.97 Å². The summed E-state index contributed by atoms with van der Waals surface area (Å²) in [7, 11) is 5.15. The minimum Gasteiger partial charge on any atom is -0.494 e. The number of hydrogen-bond donors (Lipinski definition) is 2. The first-order valence-electron chi connectivity index (χ1n) is 11.2. The van der Waals surface area contributed by atoms with Gasteiger partial charge >= 0.3 is 0 Å². The van der Waals surface area contributed by atoms with Crippen molar-refractivity contribution in [2.24, 2.45) is 5.41 Å². The van der Waals surface area contributed by atoms with Crippen molar-refractivity contribution in [2.75, 3.05) is 39.7 Å². The quantitative estimate of drug-likeness (QED) is 0.413. The fraction of sp³-hybridized carbons (Fsp3) is 0.417. The number of likely N-dealkylation sites (N-methyl/N-ethyl adjacent to an activating group) is 1. The van der Waals surface area contributed by atoms with Crippen molar-refractivity contribution < 1.29 is 14.3 Å². The number of H-pyrrole nitrogens is 1. The number of benzene rings is 1. The number of hydrogen-bond acceptors (Lipinski definition) is 8. The van der Waals surface area contributed by atoms with Crippen LogP contribution in [0.4, 0.5) is 11.5 Å². The van der Waals surface area contributed by atoms with Crippen molar-refractivity contribution in [2.45, 2.75) is 26.2 Å². The lowest BCUT2D eigenvalue weighted by molar-refractivity contribution is -0.141. The number of rotatable bonds is 7. The van der Waals surface area contributed by atoms with Crippen LogP contribution < -0.4 is 10.1 Å². The molecule has 0 saturated heterocycles. The van der Waals surface area contributed by atoms with Crippen LogP contribution in [-0.2, 0) is 22.4 Å². The van der Waals surface area contributed by atoms with E-state index in [1.807, 2.05) is 19.2 Å². The second kappa shape index (κ2) is 8.84. The zero-order valence-electron chi connectivity index (χ0n) is 19.8. The van der Waals surface area contributed by atoms with Crippen LogP contribution in [0.5, 0.6) is 5.75 Å². The van der Waals surface area contributed by atoms with Crippen LogP contribution in [0.3, 0.4) is 0 Å². The van der Waals surface area contributed by atoms with E-state index < -0.39 is 5.41 Å². The van der Waals surface area contributed by atoms with Crippen molar-refractivity contribution >= 4 is 49.9 Å². The molecule has 178 valence electrons. The Morgan fingerprint density at radius 2 is 2.18 bits per heavy atom. The van der Waals surface area contributed by atoms with Gasteiger partial charge in [0.25, 0.3) is 0 Å². The molecule has 0 bridgehead atoms. The SMILES string of the molecule is COCCN(C)C(=O)[C@]1(C)CCc2c(sc3ncnc(Nc4cc5cn[nH]c5cc4OC)c23)C1. The predicted molar refractivity (Wildman–Crippen MR) is 133 cm³/mol. The Kier molecular flexibility index (Phi) is 5.86. The molecule has 1 amide bonds. The maximum absolute atomic E-state index is 13.2.